The largest absolute Gasteiger partial charge is 0.485 e. The van der Waals surface area contributed by atoms with Crippen LogP contribution in [0.1, 0.15) is 29.7 Å². The van der Waals surface area contributed by atoms with Crippen molar-refractivity contribution >= 4 is 15.9 Å². The Labute approximate surface area is 119 Å². The highest BCUT2D eigenvalue weighted by Gasteiger charge is 2.27. The van der Waals surface area contributed by atoms with Crippen LogP contribution in [-0.2, 0) is 0 Å². The number of fused-ring (bicyclic) bond motifs is 1. The number of nitrogens with two attached hydrogens (primary N) is 1. The van der Waals surface area contributed by atoms with E-state index in [0.717, 1.165) is 15.6 Å². The van der Waals surface area contributed by atoms with Crippen molar-refractivity contribution in [2.24, 2.45) is 5.73 Å². The second kappa shape index (κ2) is 4.94. The van der Waals surface area contributed by atoms with Crippen molar-refractivity contribution in [1.82, 2.24) is 0 Å². The lowest BCUT2D eigenvalue weighted by Gasteiger charge is -2.30. The fraction of sp³-hybridized carbons (Fsp3) is 0.200. The van der Waals surface area contributed by atoms with E-state index in [4.69, 9.17) is 10.5 Å². The summed E-state index contributed by atoms with van der Waals surface area (Å²) in [4.78, 5) is 0. The molecule has 1 heterocycles. The molecule has 2 nitrogen and oxygen atoms in total. The molecule has 2 aromatic rings. The number of hydrogen-bond donors (Lipinski definition) is 1. The molecule has 0 fully saturated rings. The van der Waals surface area contributed by atoms with E-state index in [1.165, 1.54) is 12.1 Å². The maximum absolute atomic E-state index is 13.3. The Morgan fingerprint density at radius 2 is 1.89 bits per heavy atom. The molecule has 0 bridgehead atoms. The van der Waals surface area contributed by atoms with Crippen LogP contribution in [0.5, 0.6) is 5.75 Å². The van der Waals surface area contributed by atoms with Crippen LogP contribution in [0, 0.1) is 5.82 Å². The van der Waals surface area contributed by atoms with E-state index in [0.29, 0.717) is 12.2 Å². The van der Waals surface area contributed by atoms with Gasteiger partial charge in [0, 0.05) is 28.6 Å². The van der Waals surface area contributed by atoms with Gasteiger partial charge in [-0.2, -0.15) is 0 Å². The van der Waals surface area contributed by atoms with Crippen LogP contribution in [0.3, 0.4) is 0 Å². The minimum atomic E-state index is -0.303. The Balaban J connectivity index is 1.93. The van der Waals surface area contributed by atoms with E-state index >= 15 is 0 Å². The van der Waals surface area contributed by atoms with Gasteiger partial charge in [0.2, 0.25) is 0 Å². The minimum Gasteiger partial charge on any atom is -0.485 e. The summed E-state index contributed by atoms with van der Waals surface area (Å²) < 4.78 is 20.2. The Morgan fingerprint density at radius 3 is 2.63 bits per heavy atom. The predicted octanol–water partition coefficient (Wildman–Crippen LogP) is 4.11. The Kier molecular flexibility index (Phi) is 3.29. The minimum absolute atomic E-state index is 0.127. The van der Waals surface area contributed by atoms with Crippen LogP contribution in [0.25, 0.3) is 0 Å². The van der Waals surface area contributed by atoms with Crippen LogP contribution in [0.2, 0.25) is 0 Å². The van der Waals surface area contributed by atoms with Gasteiger partial charge in [-0.25, -0.2) is 4.39 Å². The smallest absolute Gasteiger partial charge is 0.127 e. The molecule has 0 aliphatic carbocycles. The number of rotatable bonds is 1. The van der Waals surface area contributed by atoms with Gasteiger partial charge in [-0.05, 0) is 23.8 Å². The zero-order valence-corrected chi connectivity index (χ0v) is 11.7. The van der Waals surface area contributed by atoms with Crippen LogP contribution in [0.15, 0.2) is 46.9 Å². The summed E-state index contributed by atoms with van der Waals surface area (Å²) in [6.07, 6.45) is 0.567. The molecule has 0 radical (unpaired) electrons. The zero-order valence-electron chi connectivity index (χ0n) is 10.1. The summed E-state index contributed by atoms with van der Waals surface area (Å²) in [5, 5.41) is 0. The SMILES string of the molecule is N[C@H]1CC(c2ccc(Br)cc2)Oc2cc(F)ccc21. The van der Waals surface area contributed by atoms with Crippen molar-refractivity contribution in [1.29, 1.82) is 0 Å². The standard InChI is InChI=1S/C15H13BrFNO/c16-10-3-1-9(2-4-10)14-8-13(18)12-6-5-11(17)7-15(12)19-14/h1-7,13-14H,8,18H2/t13-,14?/m0/s1. The van der Waals surface area contributed by atoms with E-state index in [1.54, 1.807) is 6.07 Å². The third kappa shape index (κ3) is 2.51. The third-order valence-electron chi connectivity index (χ3n) is 3.35. The zero-order chi connectivity index (χ0) is 13.4. The second-order valence-electron chi connectivity index (χ2n) is 4.68. The van der Waals surface area contributed by atoms with E-state index in [1.807, 2.05) is 24.3 Å². The Morgan fingerprint density at radius 1 is 1.16 bits per heavy atom. The van der Waals surface area contributed by atoms with Crippen LogP contribution in [-0.4, -0.2) is 0 Å². The highest BCUT2D eigenvalue weighted by Crippen LogP contribution is 2.40. The highest BCUT2D eigenvalue weighted by molar-refractivity contribution is 9.10. The number of ether oxygens (including phenoxy) is 1. The first kappa shape index (κ1) is 12.6. The average Bonchev–Trinajstić information content (AvgIpc) is 2.38. The lowest BCUT2D eigenvalue weighted by Crippen LogP contribution is -2.24. The average molecular weight is 322 g/mol. The van der Waals surface area contributed by atoms with Crippen molar-refractivity contribution in [3.63, 3.8) is 0 Å². The predicted molar refractivity (Wildman–Crippen MR) is 75.5 cm³/mol. The lowest BCUT2D eigenvalue weighted by molar-refractivity contribution is 0.161. The fourth-order valence-corrected chi connectivity index (χ4v) is 2.62. The molecule has 0 saturated carbocycles. The summed E-state index contributed by atoms with van der Waals surface area (Å²) >= 11 is 3.40. The van der Waals surface area contributed by atoms with E-state index in [2.05, 4.69) is 15.9 Å². The molecule has 1 aliphatic rings. The first-order chi connectivity index (χ1) is 9.13. The van der Waals surface area contributed by atoms with Crippen LogP contribution < -0.4 is 10.5 Å². The summed E-state index contributed by atoms with van der Waals surface area (Å²) in [5.41, 5.74) is 8.06. The molecule has 0 saturated heterocycles. The summed E-state index contributed by atoms with van der Waals surface area (Å²) in [5.74, 6) is 0.245. The van der Waals surface area contributed by atoms with Gasteiger partial charge >= 0.3 is 0 Å². The normalized spacial score (nSPS) is 21.6. The first-order valence-electron chi connectivity index (χ1n) is 6.10. The highest BCUT2D eigenvalue weighted by atomic mass is 79.9. The van der Waals surface area contributed by atoms with Crippen LogP contribution in [0.4, 0.5) is 4.39 Å². The Bertz CT molecular complexity index is 600. The maximum Gasteiger partial charge on any atom is 0.127 e. The van der Waals surface area contributed by atoms with E-state index in [9.17, 15) is 4.39 Å². The molecule has 0 spiro atoms. The molecule has 98 valence electrons. The topological polar surface area (TPSA) is 35.2 Å². The molecule has 1 unspecified atom stereocenters. The van der Waals surface area contributed by atoms with Crippen molar-refractivity contribution in [2.45, 2.75) is 18.6 Å². The Hall–Kier alpha value is -1.39. The fourth-order valence-electron chi connectivity index (χ4n) is 2.36. The van der Waals surface area contributed by atoms with Gasteiger partial charge in [-0.3, -0.25) is 0 Å². The quantitative estimate of drug-likeness (QED) is 0.857. The molecule has 0 aromatic heterocycles. The van der Waals surface area contributed by atoms with E-state index in [-0.39, 0.29) is 18.0 Å². The van der Waals surface area contributed by atoms with Crippen molar-refractivity contribution < 1.29 is 9.13 Å². The van der Waals surface area contributed by atoms with Crippen LogP contribution >= 0.6 is 15.9 Å². The van der Waals surface area contributed by atoms with Gasteiger partial charge in [0.05, 0.1) is 0 Å². The third-order valence-corrected chi connectivity index (χ3v) is 3.88. The van der Waals surface area contributed by atoms with Gasteiger partial charge in [-0.1, -0.05) is 34.1 Å². The molecule has 2 atom stereocenters. The summed E-state index contributed by atoms with van der Waals surface area (Å²) in [6.45, 7) is 0. The van der Waals surface area contributed by atoms with Gasteiger partial charge < -0.3 is 10.5 Å². The van der Waals surface area contributed by atoms with Crippen molar-refractivity contribution in [2.75, 3.05) is 0 Å². The van der Waals surface area contributed by atoms with E-state index < -0.39 is 0 Å². The molecule has 3 rings (SSSR count). The number of hydrogen-bond acceptors (Lipinski definition) is 2. The maximum atomic E-state index is 13.3. The molecule has 0 amide bonds. The second-order valence-corrected chi connectivity index (χ2v) is 5.60. The summed E-state index contributed by atoms with van der Waals surface area (Å²) in [6, 6.07) is 12.3. The summed E-state index contributed by atoms with van der Waals surface area (Å²) in [7, 11) is 0. The molecular weight excluding hydrogens is 309 g/mol. The van der Waals surface area contributed by atoms with Crippen molar-refractivity contribution in [3.8, 4) is 5.75 Å². The van der Waals surface area contributed by atoms with Crippen molar-refractivity contribution in [3.05, 3.63) is 63.9 Å². The molecule has 4 heteroatoms. The molecule has 2 aromatic carbocycles. The molecule has 2 N–H and O–H groups in total. The molecule has 19 heavy (non-hydrogen) atoms. The van der Waals surface area contributed by atoms with Gasteiger partial charge in [0.1, 0.15) is 17.7 Å². The van der Waals surface area contributed by atoms with Gasteiger partial charge in [0.25, 0.3) is 0 Å². The molecular formula is C15H13BrFNO. The molecule has 1 aliphatic heterocycles. The number of benzene rings is 2. The first-order valence-corrected chi connectivity index (χ1v) is 6.90. The monoisotopic (exact) mass is 321 g/mol. The van der Waals surface area contributed by atoms with Gasteiger partial charge in [-0.15, -0.1) is 0 Å². The lowest BCUT2D eigenvalue weighted by atomic mass is 9.93. The van der Waals surface area contributed by atoms with Gasteiger partial charge in [0.15, 0.2) is 0 Å². The number of halogens is 2.